The first-order chi connectivity index (χ1) is 29.4. The van der Waals surface area contributed by atoms with Gasteiger partial charge in [-0.2, -0.15) is 0 Å². The molecule has 28 atom stereocenters. The second-order valence-corrected chi connectivity index (χ2v) is 16.6. The molecule has 0 bridgehead atoms. The van der Waals surface area contributed by atoms with Gasteiger partial charge in [-0.3, -0.25) is 0 Å². The van der Waals surface area contributed by atoms with Crippen LogP contribution in [0.1, 0.15) is 6.42 Å². The molecule has 0 radical (unpaired) electrons. The van der Waals surface area contributed by atoms with Crippen LogP contribution in [0, 0.1) is 0 Å². The normalized spacial score (nSPS) is 53.9. The van der Waals surface area contributed by atoms with Gasteiger partial charge >= 0.3 is 0 Å². The van der Waals surface area contributed by atoms with E-state index in [0.717, 1.165) is 0 Å². The van der Waals surface area contributed by atoms with Crippen molar-refractivity contribution in [1.82, 2.24) is 0 Å². The molecule has 28 heteroatoms. The van der Waals surface area contributed by atoms with E-state index in [1.54, 1.807) is 0 Å². The van der Waals surface area contributed by atoms with Crippen LogP contribution in [-0.4, -0.2) is 255 Å². The van der Waals surface area contributed by atoms with E-state index < -0.39 is 185 Å². The molecule has 5 saturated heterocycles. The van der Waals surface area contributed by atoms with E-state index in [1.165, 1.54) is 0 Å². The Labute approximate surface area is 355 Å². The van der Waals surface area contributed by atoms with Crippen molar-refractivity contribution in [2.75, 3.05) is 32.8 Å². The summed E-state index contributed by atoms with van der Waals surface area (Å²) < 4.78 is 59.1. The standard InChI is InChI=1S/C34H66N8O20/c35-2-9-18(45)21(48)14(40)30(54-9)59-26-8(39)1-7(38)17(44)29(26)62-34-25(52)28(61-32-16(42)23(50)20(47)11(4-37)56-32)13(58-34)6-53-33-24(51)27(12(5-43)57-33)60-31-15(41)22(49)19(46)10(3-36)55-31/h7-34,43-52H,1-6,35-42H2/t7-,8+,9-,10+,11+,12-,13-,14-,15-,16-,17+,18-,19-,20-,21-,22-,23-,24-,25-,26-,27-,28-,29-,30-,31-,32-,33-,34+/m1/s1. The Balaban J connectivity index is 1.21. The number of aliphatic hydroxyl groups is 10. The fourth-order valence-corrected chi connectivity index (χ4v) is 8.50. The van der Waals surface area contributed by atoms with Gasteiger partial charge in [-0.25, -0.2) is 0 Å². The molecule has 0 aromatic rings. The average Bonchev–Trinajstić information content (AvgIpc) is 3.72. The Morgan fingerprint density at radius 2 is 0.758 bits per heavy atom. The smallest absolute Gasteiger partial charge is 0.187 e. The van der Waals surface area contributed by atoms with E-state index in [9.17, 15) is 51.1 Å². The molecule has 6 aliphatic rings. The summed E-state index contributed by atoms with van der Waals surface area (Å²) in [5.41, 5.74) is 48.2. The molecular formula is C34H66N8O20. The highest BCUT2D eigenvalue weighted by Crippen LogP contribution is 2.36. The molecular weight excluding hydrogens is 840 g/mol. The second-order valence-electron chi connectivity index (χ2n) is 16.6. The molecule has 0 unspecified atom stereocenters. The van der Waals surface area contributed by atoms with Gasteiger partial charge in [0.1, 0.15) is 104 Å². The molecule has 0 aromatic heterocycles. The van der Waals surface area contributed by atoms with Crippen molar-refractivity contribution in [3.63, 3.8) is 0 Å². The number of ether oxygens (including phenoxy) is 10. The van der Waals surface area contributed by atoms with Crippen molar-refractivity contribution in [3.8, 4) is 0 Å². The molecule has 6 rings (SSSR count). The Morgan fingerprint density at radius 1 is 0.387 bits per heavy atom. The predicted octanol–water partition coefficient (Wildman–Crippen LogP) is -12.7. The minimum absolute atomic E-state index is 0.00101. The van der Waals surface area contributed by atoms with E-state index in [2.05, 4.69) is 0 Å². The van der Waals surface area contributed by atoms with Crippen LogP contribution >= 0.6 is 0 Å². The third-order valence-corrected chi connectivity index (χ3v) is 12.4. The van der Waals surface area contributed by atoms with Crippen LogP contribution in [0.5, 0.6) is 0 Å². The first-order valence-corrected chi connectivity index (χ1v) is 20.5. The maximum Gasteiger partial charge on any atom is 0.187 e. The summed E-state index contributed by atoms with van der Waals surface area (Å²) in [7, 11) is 0. The van der Waals surface area contributed by atoms with Gasteiger partial charge in [-0.1, -0.05) is 0 Å². The van der Waals surface area contributed by atoms with Crippen molar-refractivity contribution in [2.45, 2.75) is 178 Å². The van der Waals surface area contributed by atoms with E-state index in [1.807, 2.05) is 0 Å². The largest absolute Gasteiger partial charge is 0.394 e. The van der Waals surface area contributed by atoms with Crippen molar-refractivity contribution in [3.05, 3.63) is 0 Å². The maximum absolute atomic E-state index is 11.8. The van der Waals surface area contributed by atoms with E-state index in [-0.39, 0.29) is 26.1 Å². The first-order valence-electron chi connectivity index (χ1n) is 20.5. The number of rotatable bonds is 15. The van der Waals surface area contributed by atoms with E-state index >= 15 is 0 Å². The van der Waals surface area contributed by atoms with Crippen LogP contribution in [0.3, 0.4) is 0 Å². The number of hydrogen-bond acceptors (Lipinski definition) is 28. The molecule has 0 aromatic carbocycles. The van der Waals surface area contributed by atoms with Gasteiger partial charge in [0, 0.05) is 31.7 Å². The molecule has 26 N–H and O–H groups in total. The predicted molar refractivity (Wildman–Crippen MR) is 202 cm³/mol. The van der Waals surface area contributed by atoms with Crippen LogP contribution in [-0.2, 0) is 47.4 Å². The lowest BCUT2D eigenvalue weighted by Gasteiger charge is -2.47. The van der Waals surface area contributed by atoms with Gasteiger partial charge in [0.2, 0.25) is 0 Å². The van der Waals surface area contributed by atoms with Crippen molar-refractivity contribution in [1.29, 1.82) is 0 Å². The summed E-state index contributed by atoms with van der Waals surface area (Å²) >= 11 is 0. The third kappa shape index (κ3) is 10.1. The molecule has 1 aliphatic carbocycles. The summed E-state index contributed by atoms with van der Waals surface area (Å²) in [4.78, 5) is 0. The number of nitrogens with two attached hydrogens (primary N) is 8. The Kier molecular flexibility index (Phi) is 17.2. The van der Waals surface area contributed by atoms with E-state index in [0.29, 0.717) is 0 Å². The zero-order valence-corrected chi connectivity index (χ0v) is 33.6. The van der Waals surface area contributed by atoms with Gasteiger partial charge in [-0.05, 0) is 6.42 Å². The van der Waals surface area contributed by atoms with Crippen molar-refractivity contribution >= 4 is 0 Å². The van der Waals surface area contributed by atoms with Crippen molar-refractivity contribution < 1.29 is 98.4 Å². The quantitative estimate of drug-likeness (QED) is 0.0725. The Bertz CT molecular complexity index is 1410. The third-order valence-electron chi connectivity index (χ3n) is 12.4. The summed E-state index contributed by atoms with van der Waals surface area (Å²) in [6.07, 6.45) is -33.3. The molecule has 6 fully saturated rings. The molecule has 362 valence electrons. The Hall–Kier alpha value is -1.12. The highest BCUT2D eigenvalue weighted by atomic mass is 16.8. The first kappa shape index (κ1) is 50.3. The number of hydrogen-bond donors (Lipinski definition) is 18. The number of aliphatic hydroxyl groups excluding tert-OH is 10. The lowest BCUT2D eigenvalue weighted by Crippen LogP contribution is -2.68. The topological polar surface area (TPSA) is 503 Å². The second kappa shape index (κ2) is 21.2. The molecule has 5 aliphatic heterocycles. The van der Waals surface area contributed by atoms with E-state index in [4.69, 9.17) is 93.2 Å². The van der Waals surface area contributed by atoms with Gasteiger partial charge in [0.05, 0.1) is 37.4 Å². The van der Waals surface area contributed by atoms with Crippen LogP contribution in [0.4, 0.5) is 0 Å². The fourth-order valence-electron chi connectivity index (χ4n) is 8.50. The molecule has 28 nitrogen and oxygen atoms in total. The Morgan fingerprint density at radius 3 is 1.19 bits per heavy atom. The molecule has 0 amide bonds. The van der Waals surface area contributed by atoms with Crippen LogP contribution < -0.4 is 45.9 Å². The summed E-state index contributed by atoms with van der Waals surface area (Å²) in [6.45, 7) is -1.99. The lowest BCUT2D eigenvalue weighted by atomic mass is 9.84. The highest BCUT2D eigenvalue weighted by molar-refractivity contribution is 5.03. The van der Waals surface area contributed by atoms with Gasteiger partial charge in [0.25, 0.3) is 0 Å². The van der Waals surface area contributed by atoms with Gasteiger partial charge < -0.3 is 144 Å². The van der Waals surface area contributed by atoms with Crippen LogP contribution in [0.25, 0.3) is 0 Å². The maximum atomic E-state index is 11.8. The summed E-state index contributed by atoms with van der Waals surface area (Å²) in [5.74, 6) is 0. The fraction of sp³-hybridized carbons (Fsp3) is 1.00. The van der Waals surface area contributed by atoms with Gasteiger partial charge in [0.15, 0.2) is 31.5 Å². The minimum atomic E-state index is -1.80. The van der Waals surface area contributed by atoms with Crippen LogP contribution in [0.2, 0.25) is 0 Å². The zero-order chi connectivity index (χ0) is 45.5. The van der Waals surface area contributed by atoms with Crippen LogP contribution in [0.15, 0.2) is 0 Å². The minimum Gasteiger partial charge on any atom is -0.394 e. The summed E-state index contributed by atoms with van der Waals surface area (Å²) in [6, 6.07) is -5.97. The zero-order valence-electron chi connectivity index (χ0n) is 33.6. The SMILES string of the molecule is NC[C@@H]1O[C@H](O[C@H]2[C@@H](O)[C@H](OC[C@H]3O[C@@H](O[C@@H]4[C@@H](O)[C@H](N)C[C@H](N)[C@H]4O[C@H]4O[C@H](CN)[C@@H](O)[C@H](O)[C@H]4N)[C@H](O)[C@@H]3O[C@H]3O[C@@H](CN)[C@@H](O)[C@H](O)[C@H]3N)O[C@@H]2CO)[C@H](N)[C@@H](O)[C@@H]1O. The highest BCUT2D eigenvalue weighted by Gasteiger charge is 2.56. The van der Waals surface area contributed by atoms with Gasteiger partial charge in [-0.15, -0.1) is 0 Å². The molecule has 5 heterocycles. The average molecular weight is 907 g/mol. The van der Waals surface area contributed by atoms with Crippen molar-refractivity contribution in [2.24, 2.45) is 45.9 Å². The monoisotopic (exact) mass is 906 g/mol. The lowest BCUT2D eigenvalue weighted by molar-refractivity contribution is -0.307. The molecule has 1 saturated carbocycles. The molecule has 62 heavy (non-hydrogen) atoms. The molecule has 0 spiro atoms. The summed E-state index contributed by atoms with van der Waals surface area (Å²) in [5, 5.41) is 107.